The number of nitrogens with zero attached hydrogens (tertiary/aromatic N) is 2. The first-order chi connectivity index (χ1) is 11.1. The van der Waals surface area contributed by atoms with Crippen molar-refractivity contribution in [1.82, 2.24) is 9.97 Å². The SMILES string of the molecule is CCOC(=O)COc1nc(Cl)cc(NCc2ccc(Cl)cc2)n1. The molecule has 0 unspecified atom stereocenters. The van der Waals surface area contributed by atoms with Crippen molar-refractivity contribution in [2.45, 2.75) is 13.5 Å². The highest BCUT2D eigenvalue weighted by atomic mass is 35.5. The van der Waals surface area contributed by atoms with Crippen LogP contribution in [0.5, 0.6) is 6.01 Å². The van der Waals surface area contributed by atoms with Crippen molar-refractivity contribution in [3.63, 3.8) is 0 Å². The Labute approximate surface area is 143 Å². The van der Waals surface area contributed by atoms with Gasteiger partial charge in [-0.05, 0) is 24.6 Å². The fraction of sp³-hybridized carbons (Fsp3) is 0.267. The first kappa shape index (κ1) is 17.3. The second-order valence-corrected chi connectivity index (χ2v) is 5.26. The van der Waals surface area contributed by atoms with Crippen LogP contribution in [0.4, 0.5) is 5.82 Å². The van der Waals surface area contributed by atoms with Gasteiger partial charge in [0.1, 0.15) is 11.0 Å². The molecule has 0 radical (unpaired) electrons. The first-order valence-corrected chi connectivity index (χ1v) is 7.63. The third-order valence-electron chi connectivity index (χ3n) is 2.69. The molecule has 122 valence electrons. The van der Waals surface area contributed by atoms with Crippen molar-refractivity contribution in [2.24, 2.45) is 0 Å². The van der Waals surface area contributed by atoms with Crippen LogP contribution in [0, 0.1) is 0 Å². The summed E-state index contributed by atoms with van der Waals surface area (Å²) in [6, 6.07) is 8.98. The summed E-state index contributed by atoms with van der Waals surface area (Å²) in [5.41, 5.74) is 1.03. The number of carbonyl (C=O) groups is 1. The molecule has 0 aliphatic rings. The van der Waals surface area contributed by atoms with Crippen LogP contribution in [0.15, 0.2) is 30.3 Å². The number of hydrogen-bond donors (Lipinski definition) is 1. The van der Waals surface area contributed by atoms with Gasteiger partial charge in [-0.1, -0.05) is 35.3 Å². The quantitative estimate of drug-likeness (QED) is 0.606. The minimum atomic E-state index is -0.494. The summed E-state index contributed by atoms with van der Waals surface area (Å²) in [6.45, 7) is 2.26. The molecule has 0 aliphatic heterocycles. The largest absolute Gasteiger partial charge is 0.463 e. The number of nitrogens with one attached hydrogen (secondary N) is 1. The van der Waals surface area contributed by atoms with Crippen molar-refractivity contribution < 1.29 is 14.3 Å². The van der Waals surface area contributed by atoms with Gasteiger partial charge in [0.15, 0.2) is 6.61 Å². The molecule has 0 amide bonds. The lowest BCUT2D eigenvalue weighted by atomic mass is 10.2. The molecule has 0 bridgehead atoms. The molecular weight excluding hydrogens is 341 g/mol. The highest BCUT2D eigenvalue weighted by Crippen LogP contribution is 2.17. The zero-order chi connectivity index (χ0) is 16.7. The lowest BCUT2D eigenvalue weighted by Gasteiger charge is -2.09. The van der Waals surface area contributed by atoms with Crippen LogP contribution in [-0.4, -0.2) is 29.2 Å². The van der Waals surface area contributed by atoms with E-state index in [2.05, 4.69) is 15.3 Å². The summed E-state index contributed by atoms with van der Waals surface area (Å²) < 4.78 is 9.93. The van der Waals surface area contributed by atoms with E-state index in [0.29, 0.717) is 17.4 Å². The fourth-order valence-electron chi connectivity index (χ4n) is 1.67. The molecule has 1 N–H and O–H groups in total. The van der Waals surface area contributed by atoms with Crippen LogP contribution in [0.3, 0.4) is 0 Å². The second-order valence-electron chi connectivity index (χ2n) is 4.43. The number of carbonyl (C=O) groups excluding carboxylic acids is 1. The van der Waals surface area contributed by atoms with E-state index in [-0.39, 0.29) is 24.4 Å². The Bertz CT molecular complexity index is 666. The van der Waals surface area contributed by atoms with Crippen LogP contribution in [0.2, 0.25) is 10.2 Å². The van der Waals surface area contributed by atoms with Gasteiger partial charge < -0.3 is 14.8 Å². The summed E-state index contributed by atoms with van der Waals surface area (Å²) in [5.74, 6) is -0.00874. The van der Waals surface area contributed by atoms with E-state index < -0.39 is 5.97 Å². The van der Waals surface area contributed by atoms with Crippen LogP contribution >= 0.6 is 23.2 Å². The van der Waals surface area contributed by atoms with Crippen molar-refractivity contribution >= 4 is 35.0 Å². The molecule has 0 spiro atoms. The lowest BCUT2D eigenvalue weighted by Crippen LogP contribution is -2.16. The number of ether oxygens (including phenoxy) is 2. The first-order valence-electron chi connectivity index (χ1n) is 6.88. The van der Waals surface area contributed by atoms with Gasteiger partial charge in [-0.25, -0.2) is 4.79 Å². The Balaban J connectivity index is 1.96. The van der Waals surface area contributed by atoms with Crippen molar-refractivity contribution in [3.8, 4) is 6.01 Å². The Hall–Kier alpha value is -2.05. The van der Waals surface area contributed by atoms with Crippen LogP contribution in [0.25, 0.3) is 0 Å². The van der Waals surface area contributed by atoms with E-state index in [9.17, 15) is 4.79 Å². The molecule has 0 saturated carbocycles. The summed E-state index contributed by atoms with van der Waals surface area (Å²) in [6.07, 6.45) is 0. The Morgan fingerprint density at radius 2 is 1.96 bits per heavy atom. The highest BCUT2D eigenvalue weighted by molar-refractivity contribution is 6.30. The normalized spacial score (nSPS) is 10.2. The Kier molecular flexibility index (Phi) is 6.43. The average Bonchev–Trinajstić information content (AvgIpc) is 2.52. The molecule has 6 nitrogen and oxygen atoms in total. The van der Waals surface area contributed by atoms with E-state index in [1.54, 1.807) is 25.1 Å². The second kappa shape index (κ2) is 8.55. The van der Waals surface area contributed by atoms with Gasteiger partial charge in [-0.3, -0.25) is 0 Å². The molecule has 2 aromatic rings. The third-order valence-corrected chi connectivity index (χ3v) is 3.13. The summed E-state index contributed by atoms with van der Waals surface area (Å²) >= 11 is 11.8. The van der Waals surface area contributed by atoms with E-state index >= 15 is 0 Å². The van der Waals surface area contributed by atoms with Crippen molar-refractivity contribution in [1.29, 1.82) is 0 Å². The van der Waals surface area contributed by atoms with Gasteiger partial charge in [0, 0.05) is 17.6 Å². The topological polar surface area (TPSA) is 73.3 Å². The molecule has 1 aromatic heterocycles. The predicted molar refractivity (Wildman–Crippen MR) is 87.9 cm³/mol. The van der Waals surface area contributed by atoms with Gasteiger partial charge in [-0.15, -0.1) is 0 Å². The molecule has 1 heterocycles. The number of benzene rings is 1. The van der Waals surface area contributed by atoms with Gasteiger partial charge in [0.25, 0.3) is 0 Å². The van der Waals surface area contributed by atoms with E-state index in [4.69, 9.17) is 32.7 Å². The smallest absolute Gasteiger partial charge is 0.344 e. The maximum atomic E-state index is 11.3. The highest BCUT2D eigenvalue weighted by Gasteiger charge is 2.08. The molecule has 0 aliphatic carbocycles. The van der Waals surface area contributed by atoms with Crippen LogP contribution in [-0.2, 0) is 16.1 Å². The number of halogens is 2. The Morgan fingerprint density at radius 1 is 1.22 bits per heavy atom. The van der Waals surface area contributed by atoms with Gasteiger partial charge in [0.05, 0.1) is 6.61 Å². The zero-order valence-electron chi connectivity index (χ0n) is 12.4. The minimum Gasteiger partial charge on any atom is -0.463 e. The Morgan fingerprint density at radius 3 is 2.65 bits per heavy atom. The molecule has 0 atom stereocenters. The number of rotatable bonds is 7. The lowest BCUT2D eigenvalue weighted by molar-refractivity contribution is -0.145. The van der Waals surface area contributed by atoms with E-state index in [1.807, 2.05) is 12.1 Å². The summed E-state index contributed by atoms with van der Waals surface area (Å²) in [5, 5.41) is 3.98. The van der Waals surface area contributed by atoms with Crippen LogP contribution in [0.1, 0.15) is 12.5 Å². The third kappa shape index (κ3) is 5.92. The van der Waals surface area contributed by atoms with Gasteiger partial charge in [0.2, 0.25) is 0 Å². The maximum absolute atomic E-state index is 11.3. The zero-order valence-corrected chi connectivity index (χ0v) is 13.9. The minimum absolute atomic E-state index is 0.00385. The van der Waals surface area contributed by atoms with Gasteiger partial charge in [-0.2, -0.15) is 9.97 Å². The average molecular weight is 356 g/mol. The van der Waals surface area contributed by atoms with Crippen molar-refractivity contribution in [3.05, 3.63) is 46.1 Å². The number of aromatic nitrogens is 2. The molecule has 0 saturated heterocycles. The molecule has 23 heavy (non-hydrogen) atoms. The van der Waals surface area contributed by atoms with E-state index in [0.717, 1.165) is 5.56 Å². The number of anilines is 1. The summed E-state index contributed by atoms with van der Waals surface area (Å²) in [4.78, 5) is 19.3. The standard InChI is InChI=1S/C15H15Cl2N3O3/c1-2-22-14(21)9-23-15-19-12(17)7-13(20-15)18-8-10-3-5-11(16)6-4-10/h3-7H,2,8-9H2,1H3,(H,18,19,20). The van der Waals surface area contributed by atoms with Crippen molar-refractivity contribution in [2.75, 3.05) is 18.5 Å². The van der Waals surface area contributed by atoms with Gasteiger partial charge >= 0.3 is 12.0 Å². The van der Waals surface area contributed by atoms with Crippen LogP contribution < -0.4 is 10.1 Å². The monoisotopic (exact) mass is 355 g/mol. The number of esters is 1. The summed E-state index contributed by atoms with van der Waals surface area (Å²) in [7, 11) is 0. The fourth-order valence-corrected chi connectivity index (χ4v) is 1.97. The molecule has 8 heteroatoms. The molecule has 0 fully saturated rings. The molecule has 2 rings (SSSR count). The molecule has 1 aromatic carbocycles. The van der Waals surface area contributed by atoms with E-state index in [1.165, 1.54) is 0 Å². The maximum Gasteiger partial charge on any atom is 0.344 e. The molecular formula is C15H15Cl2N3O3. The number of hydrogen-bond acceptors (Lipinski definition) is 6. The predicted octanol–water partition coefficient (Wildman–Crippen LogP) is 3.34.